The Kier molecular flexibility index (Phi) is 6.87. The zero-order chi connectivity index (χ0) is 20.6. The van der Waals surface area contributed by atoms with Crippen molar-refractivity contribution in [3.63, 3.8) is 0 Å². The van der Waals surface area contributed by atoms with Crippen molar-refractivity contribution in [2.75, 3.05) is 12.4 Å². The Balaban J connectivity index is 1.83. The molecule has 3 rings (SSSR count). The second-order valence-corrected chi connectivity index (χ2v) is 6.85. The first-order valence-corrected chi connectivity index (χ1v) is 9.49. The molecule has 0 fully saturated rings. The highest BCUT2D eigenvalue weighted by atomic mass is 35.5. The summed E-state index contributed by atoms with van der Waals surface area (Å²) in [5.41, 5.74) is 1.86. The minimum Gasteiger partial charge on any atom is -0.495 e. The second kappa shape index (κ2) is 9.75. The van der Waals surface area contributed by atoms with E-state index in [1.54, 1.807) is 42.5 Å². The zero-order valence-electron chi connectivity index (χ0n) is 15.9. The van der Waals surface area contributed by atoms with Crippen molar-refractivity contribution in [2.24, 2.45) is 0 Å². The van der Waals surface area contributed by atoms with Crippen molar-refractivity contribution in [1.82, 2.24) is 5.32 Å². The van der Waals surface area contributed by atoms with Gasteiger partial charge >= 0.3 is 0 Å². The molecular formula is C23H21ClN2O3. The number of carbonyl (C=O) groups is 2. The van der Waals surface area contributed by atoms with E-state index in [9.17, 15) is 9.59 Å². The largest absolute Gasteiger partial charge is 0.495 e. The van der Waals surface area contributed by atoms with Gasteiger partial charge in [-0.2, -0.15) is 0 Å². The quantitative estimate of drug-likeness (QED) is 0.611. The molecule has 148 valence electrons. The lowest BCUT2D eigenvalue weighted by atomic mass is 10.0. The number of nitrogens with one attached hydrogen (secondary N) is 2. The van der Waals surface area contributed by atoms with Gasteiger partial charge in [0.15, 0.2) is 0 Å². The summed E-state index contributed by atoms with van der Waals surface area (Å²) in [5, 5.41) is 6.11. The van der Waals surface area contributed by atoms with E-state index in [1.807, 2.05) is 36.4 Å². The summed E-state index contributed by atoms with van der Waals surface area (Å²) >= 11 is 6.05. The van der Waals surface area contributed by atoms with Gasteiger partial charge in [-0.25, -0.2) is 0 Å². The molecule has 0 aliphatic rings. The van der Waals surface area contributed by atoms with Crippen molar-refractivity contribution in [2.45, 2.75) is 12.5 Å². The molecule has 2 amide bonds. The minimum absolute atomic E-state index is 0.320. The third-order valence-electron chi connectivity index (χ3n) is 4.36. The third kappa shape index (κ3) is 5.59. The molecule has 0 radical (unpaired) electrons. The number of rotatable bonds is 7. The minimum atomic E-state index is -0.784. The Bertz CT molecular complexity index is 978. The maximum atomic E-state index is 13.0. The van der Waals surface area contributed by atoms with Gasteiger partial charge in [-0.3, -0.25) is 9.59 Å². The van der Waals surface area contributed by atoms with Crippen LogP contribution in [0.4, 0.5) is 5.69 Å². The summed E-state index contributed by atoms with van der Waals surface area (Å²) < 4.78 is 5.29. The van der Waals surface area contributed by atoms with Gasteiger partial charge in [-0.05, 0) is 35.9 Å². The second-order valence-electron chi connectivity index (χ2n) is 6.42. The number of hydrogen-bond donors (Lipinski definition) is 2. The predicted octanol–water partition coefficient (Wildman–Crippen LogP) is 4.33. The van der Waals surface area contributed by atoms with E-state index in [4.69, 9.17) is 16.3 Å². The van der Waals surface area contributed by atoms with E-state index in [0.29, 0.717) is 28.4 Å². The fraction of sp³-hybridized carbons (Fsp3) is 0.130. The van der Waals surface area contributed by atoms with E-state index >= 15 is 0 Å². The van der Waals surface area contributed by atoms with Gasteiger partial charge in [0.1, 0.15) is 11.8 Å². The number of anilines is 1. The monoisotopic (exact) mass is 408 g/mol. The average molecular weight is 409 g/mol. The molecule has 3 aromatic rings. The molecule has 3 aromatic carbocycles. The number of benzene rings is 3. The van der Waals surface area contributed by atoms with Crippen LogP contribution in [0.3, 0.4) is 0 Å². The number of methoxy groups -OCH3 is 1. The molecule has 1 unspecified atom stereocenters. The molecule has 1 atom stereocenters. The standard InChI is InChI=1S/C23H21ClN2O3/c1-29-21-13-12-18(24)15-19(21)25-23(28)20(14-16-8-4-2-5-9-16)26-22(27)17-10-6-3-7-11-17/h2-13,15,20H,14H2,1H3,(H,25,28)(H,26,27). The first kappa shape index (κ1) is 20.4. The lowest BCUT2D eigenvalue weighted by molar-refractivity contribution is -0.118. The maximum absolute atomic E-state index is 13.0. The topological polar surface area (TPSA) is 67.4 Å². The van der Waals surface area contributed by atoms with Crippen molar-refractivity contribution in [3.05, 3.63) is 95.0 Å². The van der Waals surface area contributed by atoms with Gasteiger partial charge in [-0.1, -0.05) is 60.1 Å². The smallest absolute Gasteiger partial charge is 0.251 e. The van der Waals surface area contributed by atoms with Crippen molar-refractivity contribution < 1.29 is 14.3 Å². The first-order chi connectivity index (χ1) is 14.1. The molecule has 5 nitrogen and oxygen atoms in total. The number of halogens is 1. The maximum Gasteiger partial charge on any atom is 0.251 e. The summed E-state index contributed by atoms with van der Waals surface area (Å²) in [6.45, 7) is 0. The van der Waals surface area contributed by atoms with E-state index in [1.165, 1.54) is 7.11 Å². The SMILES string of the molecule is COc1ccc(Cl)cc1NC(=O)C(Cc1ccccc1)NC(=O)c1ccccc1. The predicted molar refractivity (Wildman–Crippen MR) is 114 cm³/mol. The van der Waals surface area contributed by atoms with E-state index in [0.717, 1.165) is 5.56 Å². The molecule has 29 heavy (non-hydrogen) atoms. The summed E-state index contributed by atoms with van der Waals surface area (Å²) in [5.74, 6) is -0.200. The Labute approximate surface area is 174 Å². The molecule has 0 aliphatic heterocycles. The van der Waals surface area contributed by atoms with Crippen molar-refractivity contribution in [3.8, 4) is 5.75 Å². The van der Waals surface area contributed by atoms with Crippen LogP contribution >= 0.6 is 11.6 Å². The van der Waals surface area contributed by atoms with Crippen LogP contribution in [-0.4, -0.2) is 25.0 Å². The Morgan fingerprint density at radius 1 is 0.966 bits per heavy atom. The fourth-order valence-corrected chi connectivity index (χ4v) is 3.06. The molecule has 6 heteroatoms. The summed E-state index contributed by atoms with van der Waals surface area (Å²) in [6.07, 6.45) is 0.341. The number of ether oxygens (including phenoxy) is 1. The Hall–Kier alpha value is -3.31. The van der Waals surface area contributed by atoms with Crippen molar-refractivity contribution >= 4 is 29.1 Å². The highest BCUT2D eigenvalue weighted by molar-refractivity contribution is 6.31. The van der Waals surface area contributed by atoms with Crippen LogP contribution in [0.2, 0.25) is 5.02 Å². The van der Waals surface area contributed by atoms with E-state index in [-0.39, 0.29) is 11.8 Å². The molecular weight excluding hydrogens is 388 g/mol. The molecule has 0 bridgehead atoms. The highest BCUT2D eigenvalue weighted by Gasteiger charge is 2.23. The molecule has 0 spiro atoms. The Morgan fingerprint density at radius 2 is 1.62 bits per heavy atom. The van der Waals surface area contributed by atoms with Gasteiger partial charge < -0.3 is 15.4 Å². The third-order valence-corrected chi connectivity index (χ3v) is 4.59. The van der Waals surface area contributed by atoms with Gasteiger partial charge in [0.05, 0.1) is 12.8 Å². The van der Waals surface area contributed by atoms with E-state index in [2.05, 4.69) is 10.6 Å². The molecule has 2 N–H and O–H groups in total. The van der Waals surface area contributed by atoms with Crippen LogP contribution in [0.15, 0.2) is 78.9 Å². The summed E-state index contributed by atoms with van der Waals surface area (Å²) in [6, 6.07) is 22.5. The van der Waals surface area contributed by atoms with Crippen LogP contribution in [0.1, 0.15) is 15.9 Å². The Morgan fingerprint density at radius 3 is 2.28 bits per heavy atom. The number of carbonyl (C=O) groups excluding carboxylic acids is 2. The molecule has 0 aliphatic carbocycles. The zero-order valence-corrected chi connectivity index (χ0v) is 16.6. The first-order valence-electron chi connectivity index (χ1n) is 9.11. The van der Waals surface area contributed by atoms with Gasteiger partial charge in [0, 0.05) is 17.0 Å². The van der Waals surface area contributed by atoms with Gasteiger partial charge in [0.2, 0.25) is 5.91 Å². The van der Waals surface area contributed by atoms with Crippen LogP contribution in [0, 0.1) is 0 Å². The number of amides is 2. The molecule has 0 aromatic heterocycles. The fourth-order valence-electron chi connectivity index (χ4n) is 2.89. The molecule has 0 saturated carbocycles. The molecule has 0 saturated heterocycles. The lowest BCUT2D eigenvalue weighted by Crippen LogP contribution is -2.45. The molecule has 0 heterocycles. The van der Waals surface area contributed by atoms with Crippen LogP contribution in [0.25, 0.3) is 0 Å². The van der Waals surface area contributed by atoms with Crippen LogP contribution < -0.4 is 15.4 Å². The van der Waals surface area contributed by atoms with Crippen LogP contribution in [0.5, 0.6) is 5.75 Å². The summed E-state index contributed by atoms with van der Waals surface area (Å²) in [7, 11) is 1.51. The summed E-state index contributed by atoms with van der Waals surface area (Å²) in [4.78, 5) is 25.7. The number of hydrogen-bond acceptors (Lipinski definition) is 3. The lowest BCUT2D eigenvalue weighted by Gasteiger charge is -2.20. The van der Waals surface area contributed by atoms with Gasteiger partial charge in [-0.15, -0.1) is 0 Å². The normalized spacial score (nSPS) is 11.4. The van der Waals surface area contributed by atoms with E-state index < -0.39 is 6.04 Å². The van der Waals surface area contributed by atoms with Gasteiger partial charge in [0.25, 0.3) is 5.91 Å². The van der Waals surface area contributed by atoms with Crippen LogP contribution in [-0.2, 0) is 11.2 Å². The average Bonchev–Trinajstić information content (AvgIpc) is 2.74. The highest BCUT2D eigenvalue weighted by Crippen LogP contribution is 2.27. The van der Waals surface area contributed by atoms with Crippen molar-refractivity contribution in [1.29, 1.82) is 0 Å².